The number of amides is 1. The summed E-state index contributed by atoms with van der Waals surface area (Å²) in [7, 11) is 0. The van der Waals surface area contributed by atoms with Crippen LogP contribution in [0.4, 0.5) is 23.2 Å². The second-order valence-corrected chi connectivity index (χ2v) is 3.35. The third kappa shape index (κ3) is 2.73. The van der Waals surface area contributed by atoms with E-state index in [4.69, 9.17) is 5.73 Å². The number of anilines is 1. The van der Waals surface area contributed by atoms with Gasteiger partial charge >= 0.3 is 0 Å². The predicted molar refractivity (Wildman–Crippen MR) is 53.2 cm³/mol. The molecule has 3 nitrogen and oxygen atoms in total. The summed E-state index contributed by atoms with van der Waals surface area (Å²) < 4.78 is 51.8. The fraction of sp³-hybridized carbons (Fsp3) is 0.300. The molecule has 1 rings (SSSR count). The van der Waals surface area contributed by atoms with Gasteiger partial charge in [-0.3, -0.25) is 4.79 Å². The average Bonchev–Trinajstić information content (AvgIpc) is 2.30. The lowest BCUT2D eigenvalue weighted by molar-refractivity contribution is -0.117. The first kappa shape index (κ1) is 13.4. The molecule has 7 heteroatoms. The van der Waals surface area contributed by atoms with Crippen LogP contribution in [0.25, 0.3) is 0 Å². The number of nitrogens with one attached hydrogen (secondary N) is 1. The molecule has 0 aliphatic rings. The third-order valence-corrected chi connectivity index (χ3v) is 2.14. The van der Waals surface area contributed by atoms with Gasteiger partial charge in [0, 0.05) is 6.07 Å². The summed E-state index contributed by atoms with van der Waals surface area (Å²) in [5.74, 6) is -7.44. The highest BCUT2D eigenvalue weighted by atomic mass is 19.2. The molecule has 0 heterocycles. The van der Waals surface area contributed by atoms with E-state index < -0.39 is 40.9 Å². The molecule has 1 aromatic rings. The summed E-state index contributed by atoms with van der Waals surface area (Å²) >= 11 is 0. The van der Waals surface area contributed by atoms with E-state index in [2.05, 4.69) is 0 Å². The third-order valence-electron chi connectivity index (χ3n) is 2.14. The van der Waals surface area contributed by atoms with Crippen molar-refractivity contribution in [2.24, 2.45) is 5.73 Å². The van der Waals surface area contributed by atoms with Crippen LogP contribution in [-0.2, 0) is 4.79 Å². The molecule has 0 aliphatic carbocycles. The molecule has 0 saturated carbocycles. The molecule has 0 aromatic heterocycles. The Hall–Kier alpha value is -1.63. The number of carbonyl (C=O) groups is 1. The van der Waals surface area contributed by atoms with Gasteiger partial charge in [-0.2, -0.15) is 0 Å². The number of carbonyl (C=O) groups excluding carboxylic acids is 1. The van der Waals surface area contributed by atoms with Crippen LogP contribution in [0.3, 0.4) is 0 Å². The highest BCUT2D eigenvalue weighted by Crippen LogP contribution is 2.24. The zero-order valence-electron chi connectivity index (χ0n) is 8.86. The molecule has 3 N–H and O–H groups in total. The summed E-state index contributed by atoms with van der Waals surface area (Å²) in [6.45, 7) is 1.57. The minimum atomic E-state index is -1.67. The van der Waals surface area contributed by atoms with Crippen molar-refractivity contribution < 1.29 is 22.4 Å². The second-order valence-electron chi connectivity index (χ2n) is 3.35. The average molecular weight is 250 g/mol. The normalized spacial score (nSPS) is 12.4. The van der Waals surface area contributed by atoms with Gasteiger partial charge in [0.05, 0.1) is 6.04 Å². The van der Waals surface area contributed by atoms with Crippen LogP contribution in [0.1, 0.15) is 13.3 Å². The van der Waals surface area contributed by atoms with Crippen molar-refractivity contribution in [2.75, 3.05) is 5.32 Å². The first-order valence-corrected chi connectivity index (χ1v) is 4.77. The molecule has 0 bridgehead atoms. The molecule has 0 radical (unpaired) electrons. The number of rotatable bonds is 3. The Bertz CT molecular complexity index is 424. The summed E-state index contributed by atoms with van der Waals surface area (Å²) in [6.07, 6.45) is 0.215. The van der Waals surface area contributed by atoms with E-state index in [-0.39, 0.29) is 12.5 Å². The van der Waals surface area contributed by atoms with E-state index in [0.717, 1.165) is 0 Å². The number of nitrogens with two attached hydrogens (primary N) is 1. The van der Waals surface area contributed by atoms with Crippen molar-refractivity contribution in [1.29, 1.82) is 0 Å². The molecule has 0 fully saturated rings. The fourth-order valence-corrected chi connectivity index (χ4v) is 1.08. The predicted octanol–water partition coefficient (Wildman–Crippen LogP) is 1.92. The van der Waals surface area contributed by atoms with Crippen molar-refractivity contribution in [2.45, 2.75) is 19.4 Å². The van der Waals surface area contributed by atoms with Crippen molar-refractivity contribution in [3.05, 3.63) is 29.3 Å². The minimum Gasteiger partial charge on any atom is -0.320 e. The van der Waals surface area contributed by atoms with E-state index in [1.54, 1.807) is 12.2 Å². The maximum atomic E-state index is 13.1. The van der Waals surface area contributed by atoms with Crippen LogP contribution in [0.2, 0.25) is 0 Å². The number of hydrogen-bond acceptors (Lipinski definition) is 2. The standard InChI is InChI=1S/C10H10F4N2O/c1-2-6(15)10(17)16-9-7(13)4(11)3-5(12)8(9)14/h3,6H,2,15H2,1H3,(H,16,17). The van der Waals surface area contributed by atoms with E-state index in [0.29, 0.717) is 0 Å². The lowest BCUT2D eigenvalue weighted by Crippen LogP contribution is -2.35. The summed E-state index contributed by atoms with van der Waals surface area (Å²) in [4.78, 5) is 11.3. The Morgan fingerprint density at radius 1 is 1.29 bits per heavy atom. The van der Waals surface area contributed by atoms with Gasteiger partial charge in [-0.05, 0) is 6.42 Å². The van der Waals surface area contributed by atoms with Crippen molar-refractivity contribution in [3.63, 3.8) is 0 Å². The van der Waals surface area contributed by atoms with Crippen molar-refractivity contribution in [3.8, 4) is 0 Å². The van der Waals surface area contributed by atoms with Crippen LogP contribution in [0.5, 0.6) is 0 Å². The van der Waals surface area contributed by atoms with Gasteiger partial charge in [0.1, 0.15) is 5.69 Å². The summed E-state index contributed by atoms with van der Waals surface area (Å²) in [5.41, 5.74) is 4.13. The first-order chi connectivity index (χ1) is 7.88. The van der Waals surface area contributed by atoms with Crippen LogP contribution in [0, 0.1) is 23.3 Å². The topological polar surface area (TPSA) is 55.1 Å². The van der Waals surface area contributed by atoms with Crippen LogP contribution >= 0.6 is 0 Å². The van der Waals surface area contributed by atoms with Crippen LogP contribution in [0.15, 0.2) is 6.07 Å². The van der Waals surface area contributed by atoms with Crippen molar-refractivity contribution in [1.82, 2.24) is 0 Å². The van der Waals surface area contributed by atoms with Gasteiger partial charge in [-0.15, -0.1) is 0 Å². The zero-order valence-corrected chi connectivity index (χ0v) is 8.86. The Balaban J connectivity index is 3.10. The Labute approximate surface area is 94.6 Å². The molecule has 0 spiro atoms. The molecule has 1 aromatic carbocycles. The highest BCUT2D eigenvalue weighted by molar-refractivity contribution is 5.94. The molecular formula is C10H10F4N2O. The van der Waals surface area contributed by atoms with E-state index in [1.165, 1.54) is 0 Å². The molecule has 94 valence electrons. The lowest BCUT2D eigenvalue weighted by Gasteiger charge is -2.12. The van der Waals surface area contributed by atoms with E-state index >= 15 is 0 Å². The van der Waals surface area contributed by atoms with Gasteiger partial charge in [0.15, 0.2) is 23.3 Å². The molecule has 1 atom stereocenters. The monoisotopic (exact) mass is 250 g/mol. The first-order valence-electron chi connectivity index (χ1n) is 4.77. The highest BCUT2D eigenvalue weighted by Gasteiger charge is 2.22. The number of halogens is 4. The smallest absolute Gasteiger partial charge is 0.241 e. The maximum absolute atomic E-state index is 13.1. The summed E-state index contributed by atoms with van der Waals surface area (Å²) in [6, 6.07) is -0.958. The zero-order chi connectivity index (χ0) is 13.2. The van der Waals surface area contributed by atoms with E-state index in [1.807, 2.05) is 0 Å². The quantitative estimate of drug-likeness (QED) is 0.636. The lowest BCUT2D eigenvalue weighted by atomic mass is 10.2. The van der Waals surface area contributed by atoms with Gasteiger partial charge < -0.3 is 11.1 Å². The van der Waals surface area contributed by atoms with E-state index in [9.17, 15) is 22.4 Å². The van der Waals surface area contributed by atoms with Gasteiger partial charge in [0.2, 0.25) is 5.91 Å². The Morgan fingerprint density at radius 2 is 1.76 bits per heavy atom. The van der Waals surface area contributed by atoms with Crippen LogP contribution < -0.4 is 11.1 Å². The molecule has 1 amide bonds. The fourth-order valence-electron chi connectivity index (χ4n) is 1.08. The van der Waals surface area contributed by atoms with Gasteiger partial charge in [-0.1, -0.05) is 6.92 Å². The van der Waals surface area contributed by atoms with Gasteiger partial charge in [0.25, 0.3) is 0 Å². The molecule has 17 heavy (non-hydrogen) atoms. The summed E-state index contributed by atoms with van der Waals surface area (Å²) in [5, 5.41) is 1.72. The SMILES string of the molecule is CCC(N)C(=O)Nc1c(F)c(F)cc(F)c1F. The van der Waals surface area contributed by atoms with Gasteiger partial charge in [-0.25, -0.2) is 17.6 Å². The maximum Gasteiger partial charge on any atom is 0.241 e. The largest absolute Gasteiger partial charge is 0.320 e. The minimum absolute atomic E-state index is 0.0556. The molecule has 1 unspecified atom stereocenters. The Kier molecular flexibility index (Phi) is 4.06. The second kappa shape index (κ2) is 5.13. The molecule has 0 aliphatic heterocycles. The Morgan fingerprint density at radius 3 is 2.18 bits per heavy atom. The van der Waals surface area contributed by atoms with Crippen molar-refractivity contribution >= 4 is 11.6 Å². The van der Waals surface area contributed by atoms with Crippen LogP contribution in [-0.4, -0.2) is 11.9 Å². The molecular weight excluding hydrogens is 240 g/mol. The number of benzene rings is 1. The molecule has 0 saturated heterocycles. The number of hydrogen-bond donors (Lipinski definition) is 2.